The van der Waals surface area contributed by atoms with Crippen LogP contribution in [-0.4, -0.2) is 15.7 Å². The van der Waals surface area contributed by atoms with Crippen LogP contribution in [0.5, 0.6) is 0 Å². The van der Waals surface area contributed by atoms with E-state index in [4.69, 9.17) is 5.10 Å². The van der Waals surface area contributed by atoms with Gasteiger partial charge in [-0.1, -0.05) is 66.7 Å². The number of nitrogens with one attached hydrogen (secondary N) is 1. The standard InChI is InChI=1S/C25H21N3O/c1-16-13-17(2)15-20(14-16)28-24-21(23(27-28)19-11-7-4-8-12-19)22(26-25(24)29)18-9-5-3-6-10-18/h3-15,22H,1-2H3,(H,26,29). The Morgan fingerprint density at radius 3 is 2.14 bits per heavy atom. The van der Waals surface area contributed by atoms with E-state index in [9.17, 15) is 4.79 Å². The first-order valence-electron chi connectivity index (χ1n) is 9.74. The van der Waals surface area contributed by atoms with Gasteiger partial charge in [0.15, 0.2) is 0 Å². The van der Waals surface area contributed by atoms with Crippen molar-refractivity contribution in [2.24, 2.45) is 0 Å². The zero-order chi connectivity index (χ0) is 20.0. The van der Waals surface area contributed by atoms with Crippen LogP contribution in [0.1, 0.15) is 38.8 Å². The summed E-state index contributed by atoms with van der Waals surface area (Å²) in [6.45, 7) is 4.12. The van der Waals surface area contributed by atoms with Crippen LogP contribution in [0.4, 0.5) is 0 Å². The molecule has 142 valence electrons. The average molecular weight is 379 g/mol. The smallest absolute Gasteiger partial charge is 0.271 e. The van der Waals surface area contributed by atoms with E-state index < -0.39 is 0 Å². The van der Waals surface area contributed by atoms with Gasteiger partial charge in [-0.05, 0) is 42.7 Å². The Morgan fingerprint density at radius 1 is 0.862 bits per heavy atom. The fourth-order valence-electron chi connectivity index (χ4n) is 4.16. The number of amides is 1. The molecule has 4 aromatic rings. The summed E-state index contributed by atoms with van der Waals surface area (Å²) in [5.74, 6) is -0.0947. The van der Waals surface area contributed by atoms with Crippen molar-refractivity contribution >= 4 is 5.91 Å². The van der Waals surface area contributed by atoms with Crippen LogP contribution in [0.2, 0.25) is 0 Å². The summed E-state index contributed by atoms with van der Waals surface area (Å²) in [4.78, 5) is 13.1. The Hall–Kier alpha value is -3.66. The molecule has 0 saturated carbocycles. The molecule has 1 N–H and O–H groups in total. The van der Waals surface area contributed by atoms with Crippen molar-refractivity contribution in [3.05, 3.63) is 107 Å². The fourth-order valence-corrected chi connectivity index (χ4v) is 4.16. The number of nitrogens with zero attached hydrogens (tertiary/aromatic N) is 2. The van der Waals surface area contributed by atoms with Crippen molar-refractivity contribution in [2.45, 2.75) is 19.9 Å². The van der Waals surface area contributed by atoms with Crippen LogP contribution in [0, 0.1) is 13.8 Å². The number of hydrogen-bond acceptors (Lipinski definition) is 2. The van der Waals surface area contributed by atoms with Gasteiger partial charge in [0, 0.05) is 11.1 Å². The number of hydrogen-bond donors (Lipinski definition) is 1. The molecule has 0 spiro atoms. The summed E-state index contributed by atoms with van der Waals surface area (Å²) in [5.41, 5.74) is 7.64. The third-order valence-electron chi connectivity index (χ3n) is 5.33. The molecule has 0 aliphatic carbocycles. The van der Waals surface area contributed by atoms with Gasteiger partial charge in [0.2, 0.25) is 0 Å². The number of carbonyl (C=O) groups excluding carboxylic acids is 1. The topological polar surface area (TPSA) is 46.9 Å². The van der Waals surface area contributed by atoms with E-state index in [-0.39, 0.29) is 11.9 Å². The van der Waals surface area contributed by atoms with Crippen molar-refractivity contribution in [3.63, 3.8) is 0 Å². The monoisotopic (exact) mass is 379 g/mol. The summed E-state index contributed by atoms with van der Waals surface area (Å²) >= 11 is 0. The van der Waals surface area contributed by atoms with E-state index in [1.807, 2.05) is 60.7 Å². The summed E-state index contributed by atoms with van der Waals surface area (Å²) in [6.07, 6.45) is 0. The molecule has 1 aliphatic rings. The fraction of sp³-hybridized carbons (Fsp3) is 0.120. The minimum atomic E-state index is -0.214. The molecule has 1 atom stereocenters. The highest BCUT2D eigenvalue weighted by molar-refractivity contribution is 6.01. The lowest BCUT2D eigenvalue weighted by Gasteiger charge is -2.13. The molecule has 0 fully saturated rings. The Morgan fingerprint density at radius 2 is 1.48 bits per heavy atom. The second kappa shape index (κ2) is 6.74. The molecule has 1 aromatic heterocycles. The number of aryl methyl sites for hydroxylation is 2. The maximum absolute atomic E-state index is 13.1. The summed E-state index contributed by atoms with van der Waals surface area (Å²) in [5, 5.41) is 8.10. The van der Waals surface area contributed by atoms with Crippen molar-refractivity contribution in [1.82, 2.24) is 15.1 Å². The first-order chi connectivity index (χ1) is 14.1. The van der Waals surface area contributed by atoms with Crippen molar-refractivity contribution in [3.8, 4) is 16.9 Å². The van der Waals surface area contributed by atoms with E-state index in [1.54, 1.807) is 4.68 Å². The Bertz CT molecular complexity index is 1190. The van der Waals surface area contributed by atoms with Gasteiger partial charge < -0.3 is 5.32 Å². The third-order valence-corrected chi connectivity index (χ3v) is 5.33. The molecule has 1 amide bonds. The molecule has 4 nitrogen and oxygen atoms in total. The highest BCUT2D eigenvalue weighted by Gasteiger charge is 2.38. The maximum atomic E-state index is 13.1. The van der Waals surface area contributed by atoms with Gasteiger partial charge in [0.05, 0.1) is 17.4 Å². The predicted octanol–water partition coefficient (Wildman–Crippen LogP) is 4.99. The minimum absolute atomic E-state index is 0.0947. The summed E-state index contributed by atoms with van der Waals surface area (Å²) < 4.78 is 1.80. The molecular weight excluding hydrogens is 358 g/mol. The molecule has 0 radical (unpaired) electrons. The van der Waals surface area contributed by atoms with Gasteiger partial charge in [-0.3, -0.25) is 4.79 Å². The van der Waals surface area contributed by atoms with Crippen LogP contribution < -0.4 is 5.32 Å². The number of carbonyl (C=O) groups is 1. The van der Waals surface area contributed by atoms with E-state index in [0.717, 1.165) is 39.2 Å². The number of fused-ring (bicyclic) bond motifs is 1. The Kier molecular flexibility index (Phi) is 4.06. The highest BCUT2D eigenvalue weighted by atomic mass is 16.2. The number of aromatic nitrogens is 2. The molecule has 0 saturated heterocycles. The normalized spacial score (nSPS) is 15.2. The average Bonchev–Trinajstić information content (AvgIpc) is 3.28. The van der Waals surface area contributed by atoms with Gasteiger partial charge in [0.1, 0.15) is 5.69 Å². The molecular formula is C25H21N3O. The van der Waals surface area contributed by atoms with Crippen LogP contribution in [0.25, 0.3) is 16.9 Å². The van der Waals surface area contributed by atoms with Crippen LogP contribution >= 0.6 is 0 Å². The van der Waals surface area contributed by atoms with Crippen LogP contribution in [0.3, 0.4) is 0 Å². The lowest BCUT2D eigenvalue weighted by Crippen LogP contribution is -2.22. The summed E-state index contributed by atoms with van der Waals surface area (Å²) in [6, 6.07) is 26.2. The van der Waals surface area contributed by atoms with E-state index in [2.05, 4.69) is 37.4 Å². The molecule has 29 heavy (non-hydrogen) atoms. The van der Waals surface area contributed by atoms with Crippen molar-refractivity contribution in [1.29, 1.82) is 0 Å². The second-order valence-electron chi connectivity index (χ2n) is 7.55. The van der Waals surface area contributed by atoms with Crippen LogP contribution in [-0.2, 0) is 0 Å². The van der Waals surface area contributed by atoms with Gasteiger partial charge in [-0.25, -0.2) is 4.68 Å². The lowest BCUT2D eigenvalue weighted by molar-refractivity contribution is 0.0953. The Balaban J connectivity index is 1.79. The summed E-state index contributed by atoms with van der Waals surface area (Å²) in [7, 11) is 0. The van der Waals surface area contributed by atoms with Gasteiger partial charge in [0.25, 0.3) is 5.91 Å². The molecule has 4 heteroatoms. The van der Waals surface area contributed by atoms with Gasteiger partial charge in [-0.2, -0.15) is 5.10 Å². The SMILES string of the molecule is Cc1cc(C)cc(-n2nc(-c3ccccc3)c3c2C(=O)NC3c2ccccc2)c1. The van der Waals surface area contributed by atoms with Crippen molar-refractivity contribution < 1.29 is 4.79 Å². The maximum Gasteiger partial charge on any atom is 0.271 e. The first kappa shape index (κ1) is 17.4. The van der Waals surface area contributed by atoms with Gasteiger partial charge >= 0.3 is 0 Å². The number of rotatable bonds is 3. The second-order valence-corrected chi connectivity index (χ2v) is 7.55. The molecule has 1 unspecified atom stereocenters. The molecule has 5 rings (SSSR count). The van der Waals surface area contributed by atoms with Crippen molar-refractivity contribution in [2.75, 3.05) is 0 Å². The molecule has 1 aliphatic heterocycles. The number of benzene rings is 3. The Labute approximate surface area is 169 Å². The lowest BCUT2D eigenvalue weighted by atomic mass is 9.97. The quantitative estimate of drug-likeness (QED) is 0.545. The van der Waals surface area contributed by atoms with E-state index in [0.29, 0.717) is 5.69 Å². The van der Waals surface area contributed by atoms with Crippen LogP contribution in [0.15, 0.2) is 78.9 Å². The zero-order valence-electron chi connectivity index (χ0n) is 16.4. The zero-order valence-corrected chi connectivity index (χ0v) is 16.4. The minimum Gasteiger partial charge on any atom is -0.340 e. The third kappa shape index (κ3) is 2.93. The van der Waals surface area contributed by atoms with Gasteiger partial charge in [-0.15, -0.1) is 0 Å². The molecule has 2 heterocycles. The molecule has 3 aromatic carbocycles. The highest BCUT2D eigenvalue weighted by Crippen LogP contribution is 2.39. The predicted molar refractivity (Wildman–Crippen MR) is 114 cm³/mol. The van der Waals surface area contributed by atoms with E-state index >= 15 is 0 Å². The largest absolute Gasteiger partial charge is 0.340 e. The molecule has 0 bridgehead atoms. The first-order valence-corrected chi connectivity index (χ1v) is 9.74. The van der Waals surface area contributed by atoms with E-state index in [1.165, 1.54) is 0 Å².